The van der Waals surface area contributed by atoms with Gasteiger partial charge < -0.3 is 4.90 Å². The number of carbonyl (C=O) groups is 1. The number of thiazole rings is 1. The monoisotopic (exact) mass is 348 g/mol. The number of likely N-dealkylation sites (tertiary alicyclic amines) is 1. The van der Waals surface area contributed by atoms with Crippen molar-refractivity contribution in [3.05, 3.63) is 76.7 Å². The smallest absolute Gasteiger partial charge is 0.253 e. The summed E-state index contributed by atoms with van der Waals surface area (Å²) in [5, 5.41) is 3.24. The number of nitrogens with zero attached hydrogens (tertiary/aromatic N) is 2. The van der Waals surface area contributed by atoms with E-state index >= 15 is 0 Å². The molecule has 1 aromatic heterocycles. The maximum absolute atomic E-state index is 12.8. The van der Waals surface area contributed by atoms with Gasteiger partial charge in [-0.3, -0.25) is 4.79 Å². The van der Waals surface area contributed by atoms with Gasteiger partial charge in [-0.1, -0.05) is 42.5 Å². The number of aromatic nitrogens is 1. The zero-order valence-electron chi connectivity index (χ0n) is 14.0. The maximum Gasteiger partial charge on any atom is 0.253 e. The molecule has 2 heterocycles. The fourth-order valence-electron chi connectivity index (χ4n) is 3.38. The van der Waals surface area contributed by atoms with E-state index in [2.05, 4.69) is 17.1 Å². The molecule has 1 saturated heterocycles. The van der Waals surface area contributed by atoms with E-state index < -0.39 is 0 Å². The minimum Gasteiger partial charge on any atom is -0.339 e. The Bertz CT molecular complexity index is 820. The molecule has 0 radical (unpaired) electrons. The Hall–Kier alpha value is -2.46. The summed E-state index contributed by atoms with van der Waals surface area (Å²) in [6.07, 6.45) is 3.87. The van der Waals surface area contributed by atoms with Gasteiger partial charge in [0.25, 0.3) is 5.91 Å². The lowest BCUT2D eigenvalue weighted by Gasteiger charge is -2.31. The van der Waals surface area contributed by atoms with Gasteiger partial charge in [0, 0.05) is 36.1 Å². The predicted octanol–water partition coefficient (Wildman–Crippen LogP) is 4.83. The lowest BCUT2D eigenvalue weighted by atomic mass is 9.96. The second kappa shape index (κ2) is 7.19. The van der Waals surface area contributed by atoms with Crippen LogP contribution in [0.15, 0.2) is 66.2 Å². The normalized spacial score (nSPS) is 15.3. The van der Waals surface area contributed by atoms with Crippen molar-refractivity contribution in [3.63, 3.8) is 0 Å². The first-order valence-electron chi connectivity index (χ1n) is 8.65. The van der Waals surface area contributed by atoms with E-state index in [9.17, 15) is 4.79 Å². The van der Waals surface area contributed by atoms with Crippen LogP contribution in [0.3, 0.4) is 0 Å². The molecule has 25 heavy (non-hydrogen) atoms. The maximum atomic E-state index is 12.8. The molecule has 0 atom stereocenters. The summed E-state index contributed by atoms with van der Waals surface area (Å²) >= 11 is 1.72. The van der Waals surface area contributed by atoms with E-state index in [1.54, 1.807) is 11.3 Å². The number of piperidine rings is 1. The molecule has 0 saturated carbocycles. The molecule has 4 rings (SSSR count). The molecule has 0 N–H and O–H groups in total. The van der Waals surface area contributed by atoms with Gasteiger partial charge >= 0.3 is 0 Å². The van der Waals surface area contributed by atoms with Gasteiger partial charge in [-0.15, -0.1) is 11.3 Å². The van der Waals surface area contributed by atoms with Crippen molar-refractivity contribution in [3.8, 4) is 11.1 Å². The molecule has 0 unspecified atom stereocenters. The molecule has 2 aromatic carbocycles. The van der Waals surface area contributed by atoms with Crippen LogP contribution in [0.1, 0.15) is 34.1 Å². The van der Waals surface area contributed by atoms with E-state index in [1.165, 1.54) is 10.6 Å². The molecular weight excluding hydrogens is 328 g/mol. The van der Waals surface area contributed by atoms with Crippen molar-refractivity contribution in [2.75, 3.05) is 13.1 Å². The average Bonchev–Trinajstić information content (AvgIpc) is 3.23. The Labute approximate surface area is 152 Å². The third-order valence-corrected chi connectivity index (χ3v) is 5.76. The zero-order valence-corrected chi connectivity index (χ0v) is 14.8. The highest BCUT2D eigenvalue weighted by Crippen LogP contribution is 2.30. The van der Waals surface area contributed by atoms with E-state index in [1.807, 2.05) is 58.9 Å². The van der Waals surface area contributed by atoms with Crippen LogP contribution in [0.25, 0.3) is 11.1 Å². The minimum absolute atomic E-state index is 0.136. The van der Waals surface area contributed by atoms with E-state index in [0.717, 1.165) is 37.1 Å². The van der Waals surface area contributed by atoms with Crippen molar-refractivity contribution in [1.82, 2.24) is 9.88 Å². The van der Waals surface area contributed by atoms with E-state index in [0.29, 0.717) is 5.92 Å². The first kappa shape index (κ1) is 16.0. The number of amides is 1. The third kappa shape index (κ3) is 3.49. The Morgan fingerprint density at radius 3 is 2.28 bits per heavy atom. The topological polar surface area (TPSA) is 33.2 Å². The fourth-order valence-corrected chi connectivity index (χ4v) is 4.20. The second-order valence-corrected chi connectivity index (χ2v) is 7.31. The molecule has 0 bridgehead atoms. The van der Waals surface area contributed by atoms with Crippen LogP contribution in [0, 0.1) is 0 Å². The quantitative estimate of drug-likeness (QED) is 0.679. The van der Waals surface area contributed by atoms with Gasteiger partial charge in [0.05, 0.1) is 5.01 Å². The fraction of sp³-hybridized carbons (Fsp3) is 0.238. The molecule has 3 aromatic rings. The molecule has 126 valence electrons. The van der Waals surface area contributed by atoms with Crippen molar-refractivity contribution >= 4 is 17.2 Å². The average molecular weight is 348 g/mol. The Morgan fingerprint density at radius 1 is 0.960 bits per heavy atom. The molecule has 1 aliphatic heterocycles. The largest absolute Gasteiger partial charge is 0.339 e. The van der Waals surface area contributed by atoms with Gasteiger partial charge in [0.1, 0.15) is 0 Å². The molecule has 1 amide bonds. The highest BCUT2D eigenvalue weighted by molar-refractivity contribution is 7.09. The molecule has 0 aliphatic carbocycles. The highest BCUT2D eigenvalue weighted by Gasteiger charge is 2.25. The summed E-state index contributed by atoms with van der Waals surface area (Å²) in [5.41, 5.74) is 3.08. The third-order valence-electron chi connectivity index (χ3n) is 4.82. The molecule has 1 aliphatic rings. The summed E-state index contributed by atoms with van der Waals surface area (Å²) in [4.78, 5) is 19.1. The molecule has 1 fully saturated rings. The van der Waals surface area contributed by atoms with Gasteiger partial charge in [-0.05, 0) is 36.1 Å². The lowest BCUT2D eigenvalue weighted by molar-refractivity contribution is 0.0713. The second-order valence-electron chi connectivity index (χ2n) is 6.38. The Morgan fingerprint density at radius 2 is 1.64 bits per heavy atom. The van der Waals surface area contributed by atoms with Crippen molar-refractivity contribution in [2.45, 2.75) is 18.8 Å². The number of hydrogen-bond donors (Lipinski definition) is 0. The highest BCUT2D eigenvalue weighted by atomic mass is 32.1. The van der Waals surface area contributed by atoms with Crippen molar-refractivity contribution in [2.24, 2.45) is 0 Å². The van der Waals surface area contributed by atoms with Crippen LogP contribution < -0.4 is 0 Å². The van der Waals surface area contributed by atoms with E-state index in [4.69, 9.17) is 0 Å². The van der Waals surface area contributed by atoms with Gasteiger partial charge in [-0.25, -0.2) is 4.98 Å². The Kier molecular flexibility index (Phi) is 4.61. The number of rotatable bonds is 3. The first-order valence-corrected chi connectivity index (χ1v) is 9.53. The molecular formula is C21H20N2OS. The number of benzene rings is 2. The minimum atomic E-state index is 0.136. The predicted molar refractivity (Wildman–Crippen MR) is 102 cm³/mol. The van der Waals surface area contributed by atoms with Crippen LogP contribution in [0.4, 0.5) is 0 Å². The molecule has 4 heteroatoms. The van der Waals surface area contributed by atoms with Crippen LogP contribution in [-0.2, 0) is 0 Å². The first-order chi connectivity index (χ1) is 12.3. The van der Waals surface area contributed by atoms with Gasteiger partial charge in [0.2, 0.25) is 0 Å². The van der Waals surface area contributed by atoms with Crippen molar-refractivity contribution in [1.29, 1.82) is 0 Å². The number of hydrogen-bond acceptors (Lipinski definition) is 3. The van der Waals surface area contributed by atoms with Crippen LogP contribution >= 0.6 is 11.3 Å². The van der Waals surface area contributed by atoms with Crippen LogP contribution in [0.5, 0.6) is 0 Å². The summed E-state index contributed by atoms with van der Waals surface area (Å²) in [5.74, 6) is 0.640. The lowest BCUT2D eigenvalue weighted by Crippen LogP contribution is -2.37. The molecule has 0 spiro atoms. The Balaban J connectivity index is 1.41. The van der Waals surface area contributed by atoms with Crippen molar-refractivity contribution < 1.29 is 4.79 Å². The SMILES string of the molecule is O=C(c1ccc(-c2ccccc2)cc1)N1CCC(c2nccs2)CC1. The van der Waals surface area contributed by atoms with Gasteiger partial charge in [0.15, 0.2) is 0 Å². The standard InChI is InChI=1S/C21H20N2OS/c24-21(23-13-10-18(11-14-23)20-22-12-15-25-20)19-8-6-17(7-9-19)16-4-2-1-3-5-16/h1-9,12,15,18H,10-11,13-14H2. The number of carbonyl (C=O) groups excluding carboxylic acids is 1. The summed E-state index contributed by atoms with van der Waals surface area (Å²) < 4.78 is 0. The summed E-state index contributed by atoms with van der Waals surface area (Å²) in [6, 6.07) is 18.2. The van der Waals surface area contributed by atoms with Crippen LogP contribution in [-0.4, -0.2) is 28.9 Å². The van der Waals surface area contributed by atoms with E-state index in [-0.39, 0.29) is 5.91 Å². The van der Waals surface area contributed by atoms with Gasteiger partial charge in [-0.2, -0.15) is 0 Å². The summed E-state index contributed by atoms with van der Waals surface area (Å²) in [7, 11) is 0. The van der Waals surface area contributed by atoms with Crippen LogP contribution in [0.2, 0.25) is 0 Å². The zero-order chi connectivity index (χ0) is 17.1. The summed E-state index contributed by atoms with van der Waals surface area (Å²) in [6.45, 7) is 1.62. The molecule has 3 nitrogen and oxygen atoms in total.